The number of amides is 2. The van der Waals surface area contributed by atoms with Gasteiger partial charge in [-0.05, 0) is 26.8 Å². The van der Waals surface area contributed by atoms with Gasteiger partial charge in [0.2, 0.25) is 5.91 Å². The summed E-state index contributed by atoms with van der Waals surface area (Å²) in [6.07, 6.45) is 4.09. The Balaban J connectivity index is 2.63. The zero-order valence-electron chi connectivity index (χ0n) is 14.7. The van der Waals surface area contributed by atoms with Crippen LogP contribution in [0.4, 0.5) is 0 Å². The number of hydrogen-bond acceptors (Lipinski definition) is 4. The molecule has 126 valence electrons. The van der Waals surface area contributed by atoms with Crippen molar-refractivity contribution in [1.82, 2.24) is 9.80 Å². The van der Waals surface area contributed by atoms with Crippen molar-refractivity contribution < 1.29 is 14.3 Å². The highest BCUT2D eigenvalue weighted by atomic mass is 16.5. The van der Waals surface area contributed by atoms with E-state index < -0.39 is 11.1 Å². The van der Waals surface area contributed by atoms with Crippen LogP contribution < -0.4 is 0 Å². The van der Waals surface area contributed by atoms with Crippen molar-refractivity contribution in [3.63, 3.8) is 0 Å². The molecule has 2 amide bonds. The standard InChI is InChI=1S/C17H25N3O3/c1-7-12-10-13(15(22)19(5)14(12)18)17(23-6)8-9-20(11(2)21)16(17,3)4/h7,10,18H,8-9H2,1-6H3/b12-7+,18-14?. The molecule has 2 heterocycles. The van der Waals surface area contributed by atoms with Crippen LogP contribution in [-0.4, -0.2) is 59.3 Å². The number of allylic oxidation sites excluding steroid dienone is 1. The van der Waals surface area contributed by atoms with Gasteiger partial charge in [0.15, 0.2) is 0 Å². The molecule has 2 aliphatic rings. The largest absolute Gasteiger partial charge is 0.371 e. The first kappa shape index (κ1) is 17.4. The molecule has 0 saturated carbocycles. The Morgan fingerprint density at radius 3 is 2.48 bits per heavy atom. The van der Waals surface area contributed by atoms with Gasteiger partial charge < -0.3 is 9.64 Å². The first-order valence-electron chi connectivity index (χ1n) is 7.73. The van der Waals surface area contributed by atoms with Crippen LogP contribution >= 0.6 is 0 Å². The van der Waals surface area contributed by atoms with Crippen LogP contribution in [0.5, 0.6) is 0 Å². The Kier molecular flexibility index (Phi) is 4.24. The van der Waals surface area contributed by atoms with Crippen LogP contribution in [0.15, 0.2) is 23.3 Å². The maximum Gasteiger partial charge on any atom is 0.258 e. The van der Waals surface area contributed by atoms with Gasteiger partial charge in [-0.15, -0.1) is 0 Å². The summed E-state index contributed by atoms with van der Waals surface area (Å²) in [5.41, 5.74) is -0.372. The number of amidine groups is 1. The summed E-state index contributed by atoms with van der Waals surface area (Å²) >= 11 is 0. The molecule has 0 aliphatic carbocycles. The van der Waals surface area contributed by atoms with Crippen LogP contribution in [-0.2, 0) is 14.3 Å². The van der Waals surface area contributed by atoms with Crippen molar-refractivity contribution >= 4 is 17.6 Å². The van der Waals surface area contributed by atoms with E-state index in [1.54, 1.807) is 31.2 Å². The van der Waals surface area contributed by atoms with Crippen molar-refractivity contribution in [3.8, 4) is 0 Å². The van der Waals surface area contributed by atoms with Crippen molar-refractivity contribution in [2.75, 3.05) is 20.7 Å². The first-order chi connectivity index (χ1) is 10.6. The summed E-state index contributed by atoms with van der Waals surface area (Å²) in [7, 11) is 3.17. The molecule has 1 N–H and O–H groups in total. The number of nitrogens with zero attached hydrogens (tertiary/aromatic N) is 2. The maximum absolute atomic E-state index is 12.8. The summed E-state index contributed by atoms with van der Waals surface area (Å²) in [5.74, 6) is -0.113. The lowest BCUT2D eigenvalue weighted by Crippen LogP contribution is -2.60. The third-order valence-corrected chi connectivity index (χ3v) is 5.27. The molecule has 2 rings (SSSR count). The van der Waals surface area contributed by atoms with E-state index in [4.69, 9.17) is 10.1 Å². The van der Waals surface area contributed by atoms with Gasteiger partial charge in [0.1, 0.15) is 11.4 Å². The van der Waals surface area contributed by atoms with Gasteiger partial charge in [-0.1, -0.05) is 6.08 Å². The van der Waals surface area contributed by atoms with Crippen LogP contribution in [0.1, 0.15) is 34.1 Å². The van der Waals surface area contributed by atoms with Gasteiger partial charge in [-0.3, -0.25) is 19.9 Å². The molecule has 0 aromatic rings. The number of carbonyl (C=O) groups is 2. The lowest BCUT2D eigenvalue weighted by molar-refractivity contribution is -0.140. The smallest absolute Gasteiger partial charge is 0.258 e. The minimum Gasteiger partial charge on any atom is -0.371 e. The molecule has 0 aromatic heterocycles. The van der Waals surface area contributed by atoms with Crippen molar-refractivity contribution in [2.45, 2.75) is 45.3 Å². The number of hydrogen-bond donors (Lipinski definition) is 1. The molecule has 1 fully saturated rings. The predicted molar refractivity (Wildman–Crippen MR) is 88.2 cm³/mol. The van der Waals surface area contributed by atoms with Crippen molar-refractivity contribution in [2.24, 2.45) is 0 Å². The molecule has 1 saturated heterocycles. The number of nitrogens with one attached hydrogen (secondary N) is 1. The van der Waals surface area contributed by atoms with E-state index >= 15 is 0 Å². The number of rotatable bonds is 2. The summed E-state index contributed by atoms with van der Waals surface area (Å²) in [5, 5.41) is 8.06. The van der Waals surface area contributed by atoms with Crippen LogP contribution in [0.25, 0.3) is 0 Å². The second-order valence-corrected chi connectivity index (χ2v) is 6.53. The van der Waals surface area contributed by atoms with Gasteiger partial charge in [-0.2, -0.15) is 0 Å². The predicted octanol–water partition coefficient (Wildman–Crippen LogP) is 1.72. The Labute approximate surface area is 137 Å². The van der Waals surface area contributed by atoms with E-state index in [1.807, 2.05) is 20.8 Å². The molecule has 6 heteroatoms. The number of methoxy groups -OCH3 is 1. The van der Waals surface area contributed by atoms with Gasteiger partial charge >= 0.3 is 0 Å². The second kappa shape index (κ2) is 5.60. The first-order valence-corrected chi connectivity index (χ1v) is 7.73. The van der Waals surface area contributed by atoms with Gasteiger partial charge in [0.25, 0.3) is 5.91 Å². The monoisotopic (exact) mass is 319 g/mol. The molecule has 0 aromatic carbocycles. The normalized spacial score (nSPS) is 29.3. The molecular formula is C17H25N3O3. The van der Waals surface area contributed by atoms with E-state index in [1.165, 1.54) is 11.8 Å². The second-order valence-electron chi connectivity index (χ2n) is 6.53. The van der Waals surface area contributed by atoms with Crippen LogP contribution in [0.3, 0.4) is 0 Å². The molecule has 0 bridgehead atoms. The summed E-state index contributed by atoms with van der Waals surface area (Å²) in [6, 6.07) is 0. The van der Waals surface area contributed by atoms with E-state index in [2.05, 4.69) is 0 Å². The topological polar surface area (TPSA) is 73.7 Å². The number of likely N-dealkylation sites (tertiary alicyclic amines) is 1. The minimum absolute atomic E-state index is 0.0369. The van der Waals surface area contributed by atoms with E-state index in [-0.39, 0.29) is 17.6 Å². The molecular weight excluding hydrogens is 294 g/mol. The zero-order valence-corrected chi connectivity index (χ0v) is 14.7. The molecule has 0 radical (unpaired) electrons. The van der Waals surface area contributed by atoms with Gasteiger partial charge in [0.05, 0.1) is 11.1 Å². The average Bonchev–Trinajstić information content (AvgIpc) is 2.77. The van der Waals surface area contributed by atoms with Crippen molar-refractivity contribution in [1.29, 1.82) is 5.41 Å². The van der Waals surface area contributed by atoms with E-state index in [9.17, 15) is 9.59 Å². The highest BCUT2D eigenvalue weighted by Crippen LogP contribution is 2.47. The van der Waals surface area contributed by atoms with E-state index in [0.29, 0.717) is 24.1 Å². The Morgan fingerprint density at radius 1 is 1.43 bits per heavy atom. The lowest BCUT2D eigenvalue weighted by atomic mass is 9.75. The highest BCUT2D eigenvalue weighted by molar-refractivity contribution is 6.17. The molecule has 2 aliphatic heterocycles. The summed E-state index contributed by atoms with van der Waals surface area (Å²) in [4.78, 5) is 27.9. The molecule has 0 spiro atoms. The van der Waals surface area contributed by atoms with Crippen molar-refractivity contribution in [3.05, 3.63) is 23.3 Å². The molecule has 6 nitrogen and oxygen atoms in total. The van der Waals surface area contributed by atoms with Gasteiger partial charge in [-0.25, -0.2) is 0 Å². The molecule has 1 atom stereocenters. The SMILES string of the molecule is C/C=C1\C=C(C2(OC)CCN(C(C)=O)C2(C)C)C(=O)N(C)C1=N. The van der Waals surface area contributed by atoms with Crippen LogP contribution in [0.2, 0.25) is 0 Å². The third kappa shape index (κ3) is 2.24. The quantitative estimate of drug-likeness (QED) is 0.842. The molecule has 1 unspecified atom stereocenters. The van der Waals surface area contributed by atoms with Crippen LogP contribution in [0, 0.1) is 5.41 Å². The Morgan fingerprint density at radius 2 is 2.04 bits per heavy atom. The molecule has 23 heavy (non-hydrogen) atoms. The fraction of sp³-hybridized carbons (Fsp3) is 0.588. The average molecular weight is 319 g/mol. The van der Waals surface area contributed by atoms with Gasteiger partial charge in [0, 0.05) is 39.6 Å². The fourth-order valence-electron chi connectivity index (χ4n) is 3.82. The summed E-state index contributed by atoms with van der Waals surface area (Å²) in [6.45, 7) is 7.75. The maximum atomic E-state index is 12.8. The fourth-order valence-corrected chi connectivity index (χ4v) is 3.82. The lowest BCUT2D eigenvalue weighted by Gasteiger charge is -2.46. The third-order valence-electron chi connectivity index (χ3n) is 5.27. The minimum atomic E-state index is -0.890. The number of carbonyl (C=O) groups excluding carboxylic acids is 2. The Hall–Kier alpha value is -1.95. The van der Waals surface area contributed by atoms with E-state index in [0.717, 1.165) is 0 Å². The Bertz CT molecular complexity index is 633. The highest BCUT2D eigenvalue weighted by Gasteiger charge is 2.59. The summed E-state index contributed by atoms with van der Waals surface area (Å²) < 4.78 is 5.87. The number of likely N-dealkylation sites (N-methyl/N-ethyl adjacent to an activating group) is 1. The zero-order chi connectivity index (χ0) is 17.6. The number of ether oxygens (including phenoxy) is 1.